The Kier molecular flexibility index (Phi) is 4.49. The van der Waals surface area contributed by atoms with Crippen LogP contribution >= 0.6 is 0 Å². The predicted molar refractivity (Wildman–Crippen MR) is 66.4 cm³/mol. The molecule has 1 heterocycles. The summed E-state index contributed by atoms with van der Waals surface area (Å²) in [6.45, 7) is 1.26. The van der Waals surface area contributed by atoms with Crippen LogP contribution in [0.25, 0.3) is 0 Å². The summed E-state index contributed by atoms with van der Waals surface area (Å²) in [6.07, 6.45) is -3.58. The van der Waals surface area contributed by atoms with Gasteiger partial charge in [-0.25, -0.2) is 0 Å². The molecule has 0 aromatic heterocycles. The third-order valence-electron chi connectivity index (χ3n) is 2.96. The van der Waals surface area contributed by atoms with Crippen LogP contribution in [0, 0.1) is 0 Å². The zero-order chi connectivity index (χ0) is 14.6. The summed E-state index contributed by atoms with van der Waals surface area (Å²) in [5, 5.41) is 5.84. The lowest BCUT2D eigenvalue weighted by Crippen LogP contribution is -2.39. The zero-order valence-corrected chi connectivity index (χ0v) is 10.7. The standard InChI is InChI=1S/C13H15F3N2O2/c14-13(15,16)9-2-1-3-11(6-9)20-8-12(19)18-10-4-5-17-7-10/h1-3,6,10,17H,4-5,7-8H2,(H,18,19). The number of carbonyl (C=O) groups is 1. The predicted octanol–water partition coefficient (Wildman–Crippen LogP) is 1.56. The minimum absolute atomic E-state index is 0.0273. The van der Waals surface area contributed by atoms with Gasteiger partial charge in [0.25, 0.3) is 5.91 Å². The number of carbonyl (C=O) groups excluding carboxylic acids is 1. The highest BCUT2D eigenvalue weighted by Crippen LogP contribution is 2.31. The molecule has 0 spiro atoms. The fourth-order valence-electron chi connectivity index (χ4n) is 1.96. The summed E-state index contributed by atoms with van der Waals surface area (Å²) in [6, 6.07) is 4.53. The maximum Gasteiger partial charge on any atom is 0.416 e. The molecule has 1 aliphatic rings. The first kappa shape index (κ1) is 14.6. The fourth-order valence-corrected chi connectivity index (χ4v) is 1.96. The molecular weight excluding hydrogens is 273 g/mol. The van der Waals surface area contributed by atoms with Gasteiger partial charge in [0, 0.05) is 12.6 Å². The van der Waals surface area contributed by atoms with E-state index in [1.165, 1.54) is 12.1 Å². The van der Waals surface area contributed by atoms with Crippen LogP contribution in [0.3, 0.4) is 0 Å². The molecule has 1 fully saturated rings. The molecule has 1 saturated heterocycles. The Morgan fingerprint density at radius 1 is 1.45 bits per heavy atom. The van der Waals surface area contributed by atoms with Crippen molar-refractivity contribution in [3.63, 3.8) is 0 Å². The zero-order valence-electron chi connectivity index (χ0n) is 10.7. The minimum Gasteiger partial charge on any atom is -0.484 e. The van der Waals surface area contributed by atoms with Gasteiger partial charge in [-0.2, -0.15) is 13.2 Å². The van der Waals surface area contributed by atoms with Crippen LogP contribution in [0.2, 0.25) is 0 Å². The fraction of sp³-hybridized carbons (Fsp3) is 0.462. The molecule has 1 aromatic rings. The Bertz CT molecular complexity index is 471. The van der Waals surface area contributed by atoms with Gasteiger partial charge >= 0.3 is 6.18 Å². The van der Waals surface area contributed by atoms with Gasteiger partial charge < -0.3 is 15.4 Å². The largest absolute Gasteiger partial charge is 0.484 e. The van der Waals surface area contributed by atoms with Crippen molar-refractivity contribution >= 4 is 5.91 Å². The second-order valence-electron chi connectivity index (χ2n) is 4.57. The lowest BCUT2D eigenvalue weighted by Gasteiger charge is -2.13. The number of hydrogen-bond donors (Lipinski definition) is 2. The molecule has 0 bridgehead atoms. The van der Waals surface area contributed by atoms with E-state index in [1.807, 2.05) is 0 Å². The average molecular weight is 288 g/mol. The van der Waals surface area contributed by atoms with E-state index in [4.69, 9.17) is 4.74 Å². The Morgan fingerprint density at radius 2 is 2.25 bits per heavy atom. The molecule has 0 saturated carbocycles. The molecule has 1 unspecified atom stereocenters. The Labute approximate surface area is 114 Å². The van der Waals surface area contributed by atoms with Gasteiger partial charge in [-0.3, -0.25) is 4.79 Å². The summed E-state index contributed by atoms with van der Waals surface area (Å²) in [4.78, 5) is 11.6. The van der Waals surface area contributed by atoms with Crippen LogP contribution < -0.4 is 15.4 Å². The quantitative estimate of drug-likeness (QED) is 0.884. The van der Waals surface area contributed by atoms with Gasteiger partial charge in [-0.05, 0) is 31.2 Å². The van der Waals surface area contributed by atoms with Gasteiger partial charge in [-0.15, -0.1) is 0 Å². The number of halogens is 3. The Morgan fingerprint density at radius 3 is 2.90 bits per heavy atom. The lowest BCUT2D eigenvalue weighted by molar-refractivity contribution is -0.137. The van der Waals surface area contributed by atoms with Gasteiger partial charge in [0.05, 0.1) is 5.56 Å². The van der Waals surface area contributed by atoms with Gasteiger partial charge in [0.2, 0.25) is 0 Å². The molecule has 1 atom stereocenters. The molecule has 7 heteroatoms. The molecule has 110 valence electrons. The summed E-state index contributed by atoms with van der Waals surface area (Å²) < 4.78 is 42.6. The minimum atomic E-state index is -4.42. The molecule has 1 aliphatic heterocycles. The molecule has 20 heavy (non-hydrogen) atoms. The highest BCUT2D eigenvalue weighted by Gasteiger charge is 2.30. The van der Waals surface area contributed by atoms with Crippen LogP contribution in [0.1, 0.15) is 12.0 Å². The number of benzene rings is 1. The van der Waals surface area contributed by atoms with E-state index in [1.54, 1.807) is 0 Å². The maximum atomic E-state index is 12.5. The van der Waals surface area contributed by atoms with Gasteiger partial charge in [0.1, 0.15) is 5.75 Å². The van der Waals surface area contributed by atoms with E-state index >= 15 is 0 Å². The first-order chi connectivity index (χ1) is 9.45. The maximum absolute atomic E-state index is 12.5. The topological polar surface area (TPSA) is 50.4 Å². The second-order valence-corrected chi connectivity index (χ2v) is 4.57. The number of hydrogen-bond acceptors (Lipinski definition) is 3. The first-order valence-corrected chi connectivity index (χ1v) is 6.25. The molecule has 0 aliphatic carbocycles. The lowest BCUT2D eigenvalue weighted by atomic mass is 10.2. The SMILES string of the molecule is O=C(COc1cccc(C(F)(F)F)c1)NC1CCNC1. The monoisotopic (exact) mass is 288 g/mol. The molecule has 2 rings (SSSR count). The van der Waals surface area contributed by atoms with Crippen LogP contribution in [0.4, 0.5) is 13.2 Å². The summed E-state index contributed by atoms with van der Waals surface area (Å²) in [7, 11) is 0. The van der Waals surface area contributed by atoms with Crippen LogP contribution in [0.15, 0.2) is 24.3 Å². The number of alkyl halides is 3. The van der Waals surface area contributed by atoms with Crippen molar-refractivity contribution < 1.29 is 22.7 Å². The smallest absolute Gasteiger partial charge is 0.416 e. The third-order valence-corrected chi connectivity index (χ3v) is 2.96. The number of rotatable bonds is 4. The summed E-state index contributed by atoms with van der Waals surface area (Å²) >= 11 is 0. The van der Waals surface area contributed by atoms with Crippen molar-refractivity contribution in [1.82, 2.24) is 10.6 Å². The molecule has 4 nitrogen and oxygen atoms in total. The molecule has 0 radical (unpaired) electrons. The number of nitrogens with one attached hydrogen (secondary N) is 2. The van der Waals surface area contributed by atoms with Crippen LogP contribution in [-0.4, -0.2) is 31.6 Å². The van der Waals surface area contributed by atoms with E-state index in [9.17, 15) is 18.0 Å². The highest BCUT2D eigenvalue weighted by molar-refractivity contribution is 5.77. The number of amides is 1. The van der Waals surface area contributed by atoms with E-state index in [2.05, 4.69) is 10.6 Å². The van der Waals surface area contributed by atoms with Crippen LogP contribution in [-0.2, 0) is 11.0 Å². The average Bonchev–Trinajstić information content (AvgIpc) is 2.88. The van der Waals surface area contributed by atoms with Crippen molar-refractivity contribution in [3.8, 4) is 5.75 Å². The highest BCUT2D eigenvalue weighted by atomic mass is 19.4. The van der Waals surface area contributed by atoms with Gasteiger partial charge in [-0.1, -0.05) is 6.07 Å². The molecule has 1 aromatic carbocycles. The third kappa shape index (κ3) is 4.12. The van der Waals surface area contributed by atoms with E-state index in [0.717, 1.165) is 25.1 Å². The molecular formula is C13H15F3N2O2. The first-order valence-electron chi connectivity index (χ1n) is 6.25. The van der Waals surface area contributed by atoms with Crippen molar-refractivity contribution in [2.24, 2.45) is 0 Å². The van der Waals surface area contributed by atoms with Crippen molar-refractivity contribution in [1.29, 1.82) is 0 Å². The normalized spacial score (nSPS) is 18.9. The van der Waals surface area contributed by atoms with Crippen LogP contribution in [0.5, 0.6) is 5.75 Å². The summed E-state index contributed by atoms with van der Waals surface area (Å²) in [5.41, 5.74) is -0.796. The Hall–Kier alpha value is -1.76. The number of ether oxygens (including phenoxy) is 1. The summed E-state index contributed by atoms with van der Waals surface area (Å²) in [5.74, 6) is -0.310. The molecule has 2 N–H and O–H groups in total. The van der Waals surface area contributed by atoms with E-state index in [0.29, 0.717) is 6.54 Å². The van der Waals surface area contributed by atoms with Crippen molar-refractivity contribution in [3.05, 3.63) is 29.8 Å². The van der Waals surface area contributed by atoms with Crippen molar-refractivity contribution in [2.45, 2.75) is 18.6 Å². The van der Waals surface area contributed by atoms with Gasteiger partial charge in [0.15, 0.2) is 6.61 Å². The molecule has 1 amide bonds. The van der Waals surface area contributed by atoms with E-state index in [-0.39, 0.29) is 24.3 Å². The second kappa shape index (κ2) is 6.13. The Balaban J connectivity index is 1.85. The van der Waals surface area contributed by atoms with Crippen molar-refractivity contribution in [2.75, 3.05) is 19.7 Å². The van der Waals surface area contributed by atoms with E-state index < -0.39 is 11.7 Å².